The fourth-order valence-electron chi connectivity index (χ4n) is 4.94. The van der Waals surface area contributed by atoms with Crippen molar-refractivity contribution in [1.82, 2.24) is 15.6 Å². The summed E-state index contributed by atoms with van der Waals surface area (Å²) in [4.78, 5) is 43.9. The zero-order valence-corrected chi connectivity index (χ0v) is 24.9. The van der Waals surface area contributed by atoms with E-state index in [0.29, 0.717) is 48.0 Å². The van der Waals surface area contributed by atoms with Gasteiger partial charge in [0, 0.05) is 42.2 Å². The molecule has 1 aliphatic rings. The quantitative estimate of drug-likeness (QED) is 0.268. The molecule has 8 nitrogen and oxygen atoms in total. The van der Waals surface area contributed by atoms with Crippen LogP contribution in [0.3, 0.4) is 0 Å². The van der Waals surface area contributed by atoms with E-state index < -0.39 is 11.5 Å². The van der Waals surface area contributed by atoms with Crippen LogP contribution in [0.2, 0.25) is 5.02 Å². The number of fused-ring (bicyclic) bond motifs is 1. The van der Waals surface area contributed by atoms with Gasteiger partial charge in [-0.15, -0.1) is 0 Å². The van der Waals surface area contributed by atoms with E-state index >= 15 is 0 Å². The Labute approximate surface area is 249 Å². The summed E-state index contributed by atoms with van der Waals surface area (Å²) in [6.07, 6.45) is 0. The van der Waals surface area contributed by atoms with E-state index in [2.05, 4.69) is 0 Å². The van der Waals surface area contributed by atoms with Crippen molar-refractivity contribution < 1.29 is 18.7 Å². The number of benzene rings is 3. The fraction of sp³-hybridized carbons (Fsp3) is 0.281. The molecule has 0 bridgehead atoms. The number of rotatable bonds is 6. The maximum absolute atomic E-state index is 13.9. The lowest BCUT2D eigenvalue weighted by Gasteiger charge is -2.37. The smallest absolute Gasteiger partial charge is 0.345 e. The van der Waals surface area contributed by atoms with Crippen LogP contribution < -0.4 is 16.6 Å². The van der Waals surface area contributed by atoms with E-state index in [0.717, 1.165) is 10.9 Å². The van der Waals surface area contributed by atoms with Gasteiger partial charge < -0.3 is 25.3 Å². The van der Waals surface area contributed by atoms with Gasteiger partial charge in [-0.25, -0.2) is 9.18 Å². The molecule has 2 heterocycles. The summed E-state index contributed by atoms with van der Waals surface area (Å²) in [7, 11) is 0. The molecule has 3 N–H and O–H groups in total. The Kier molecular flexibility index (Phi) is 11.2. The second kappa shape index (κ2) is 14.6. The molecule has 0 spiro atoms. The van der Waals surface area contributed by atoms with Crippen LogP contribution in [-0.2, 0) is 11.3 Å². The second-order valence-electron chi connectivity index (χ2n) is 9.27. The Morgan fingerprint density at radius 2 is 1.52 bits per heavy atom. The van der Waals surface area contributed by atoms with Gasteiger partial charge in [-0.05, 0) is 55.0 Å². The normalized spacial score (nSPS) is 12.7. The molecule has 10 heteroatoms. The van der Waals surface area contributed by atoms with Gasteiger partial charge in [-0.1, -0.05) is 55.8 Å². The van der Waals surface area contributed by atoms with Crippen molar-refractivity contribution in [3.63, 3.8) is 0 Å². The van der Waals surface area contributed by atoms with Gasteiger partial charge in [-0.3, -0.25) is 9.59 Å². The van der Waals surface area contributed by atoms with Crippen LogP contribution in [0, 0.1) is 5.82 Å². The summed E-state index contributed by atoms with van der Waals surface area (Å²) in [5.41, 5.74) is 1.90. The topological polar surface area (TPSA) is 107 Å². The molecule has 4 aromatic rings. The van der Waals surface area contributed by atoms with Gasteiger partial charge >= 0.3 is 5.97 Å². The molecule has 3 aromatic carbocycles. The average Bonchev–Trinajstić information content (AvgIpc) is 3.00. The monoisotopic (exact) mass is 594 g/mol. The van der Waals surface area contributed by atoms with Crippen molar-refractivity contribution >= 4 is 40.1 Å². The highest BCUT2D eigenvalue weighted by atomic mass is 35.5. The van der Waals surface area contributed by atoms with E-state index in [9.17, 15) is 18.8 Å². The lowest BCUT2D eigenvalue weighted by atomic mass is 10.0. The Bertz CT molecular complexity index is 1580. The standard InChI is InChI=1S/C30H27ClFN3O4.C2H6.H3N/c1-2-39-30(38)26-27(33-15-17-34(18-16-33)28(36)21-9-11-22(31)12-10-21)24-5-3-4-6-25(24)35(29(26)37)19-20-7-13-23(32)14-8-20;1-2;/h3-14H,2,15-19H2,1H3;1-2H3;1H3. The van der Waals surface area contributed by atoms with Crippen LogP contribution in [0.25, 0.3) is 10.9 Å². The van der Waals surface area contributed by atoms with Crippen LogP contribution in [0.1, 0.15) is 47.1 Å². The molecular weight excluding hydrogens is 559 g/mol. The first-order valence-electron chi connectivity index (χ1n) is 13.7. The van der Waals surface area contributed by atoms with Crippen molar-refractivity contribution in [3.8, 4) is 0 Å². The molecular formula is C32H36ClFN4O4. The van der Waals surface area contributed by atoms with Crippen molar-refractivity contribution in [2.24, 2.45) is 0 Å². The number of hydrogen-bond donors (Lipinski definition) is 1. The molecule has 0 radical (unpaired) electrons. The Balaban J connectivity index is 0.00000158. The number of carbonyl (C=O) groups is 2. The highest BCUT2D eigenvalue weighted by Gasteiger charge is 2.30. The summed E-state index contributed by atoms with van der Waals surface area (Å²) < 4.78 is 20.4. The van der Waals surface area contributed by atoms with E-state index in [1.165, 1.54) is 16.7 Å². The number of piperazine rings is 1. The first-order chi connectivity index (χ1) is 19.9. The molecule has 1 fully saturated rings. The number of carbonyl (C=O) groups excluding carboxylic acids is 2. The van der Waals surface area contributed by atoms with Crippen LogP contribution in [0.4, 0.5) is 10.1 Å². The zero-order valence-electron chi connectivity index (χ0n) is 24.1. The number of aromatic nitrogens is 1. The highest BCUT2D eigenvalue weighted by Crippen LogP contribution is 2.31. The van der Waals surface area contributed by atoms with Crippen LogP contribution in [0.5, 0.6) is 0 Å². The minimum absolute atomic E-state index is 0. The summed E-state index contributed by atoms with van der Waals surface area (Å²) in [5.74, 6) is -1.17. The molecule has 222 valence electrons. The van der Waals surface area contributed by atoms with Gasteiger partial charge in [0.05, 0.1) is 24.4 Å². The molecule has 1 saturated heterocycles. The van der Waals surface area contributed by atoms with Gasteiger partial charge in [-0.2, -0.15) is 0 Å². The first-order valence-corrected chi connectivity index (χ1v) is 14.1. The Morgan fingerprint density at radius 1 is 0.905 bits per heavy atom. The SMILES string of the molecule is CC.CCOC(=O)c1c(N2CCN(C(=O)c3ccc(Cl)cc3)CC2)c2ccccc2n(Cc2ccc(F)cc2)c1=O.N. The number of nitrogens with zero attached hydrogens (tertiary/aromatic N) is 3. The Morgan fingerprint density at radius 3 is 2.14 bits per heavy atom. The van der Waals surface area contributed by atoms with Gasteiger partial charge in [0.25, 0.3) is 11.5 Å². The molecule has 0 unspecified atom stereocenters. The maximum atomic E-state index is 13.9. The maximum Gasteiger partial charge on any atom is 0.345 e. The summed E-state index contributed by atoms with van der Waals surface area (Å²) in [6, 6.07) is 20.1. The first kappa shape index (κ1) is 32.3. The number of pyridine rings is 1. The lowest BCUT2D eigenvalue weighted by molar-refractivity contribution is 0.0523. The van der Waals surface area contributed by atoms with Crippen molar-refractivity contribution in [3.05, 3.63) is 111 Å². The molecule has 0 aliphatic carbocycles. The molecule has 1 aliphatic heterocycles. The minimum Gasteiger partial charge on any atom is -0.462 e. The molecule has 0 atom stereocenters. The van der Waals surface area contributed by atoms with Crippen molar-refractivity contribution in [2.75, 3.05) is 37.7 Å². The van der Waals surface area contributed by atoms with E-state index in [-0.39, 0.29) is 36.6 Å². The van der Waals surface area contributed by atoms with Gasteiger partial charge in [0.2, 0.25) is 0 Å². The van der Waals surface area contributed by atoms with Gasteiger partial charge in [0.1, 0.15) is 11.4 Å². The molecule has 1 aromatic heterocycles. The van der Waals surface area contributed by atoms with Crippen LogP contribution in [-0.4, -0.2) is 54.1 Å². The van der Waals surface area contributed by atoms with E-state index in [1.807, 2.05) is 43.0 Å². The number of para-hydroxylation sites is 1. The number of halogens is 2. The van der Waals surface area contributed by atoms with Crippen molar-refractivity contribution in [2.45, 2.75) is 27.3 Å². The third-order valence-electron chi connectivity index (χ3n) is 6.85. The van der Waals surface area contributed by atoms with E-state index in [4.69, 9.17) is 16.3 Å². The number of anilines is 1. The molecule has 42 heavy (non-hydrogen) atoms. The fourth-order valence-corrected chi connectivity index (χ4v) is 5.07. The minimum atomic E-state index is -0.698. The summed E-state index contributed by atoms with van der Waals surface area (Å²) in [5, 5.41) is 1.28. The molecule has 0 saturated carbocycles. The highest BCUT2D eigenvalue weighted by molar-refractivity contribution is 6.30. The average molecular weight is 595 g/mol. The third-order valence-corrected chi connectivity index (χ3v) is 7.11. The largest absolute Gasteiger partial charge is 0.462 e. The lowest BCUT2D eigenvalue weighted by Crippen LogP contribution is -2.49. The predicted molar refractivity (Wildman–Crippen MR) is 166 cm³/mol. The van der Waals surface area contributed by atoms with Crippen molar-refractivity contribution in [1.29, 1.82) is 0 Å². The number of amides is 1. The van der Waals surface area contributed by atoms with Crippen LogP contribution in [0.15, 0.2) is 77.6 Å². The number of ether oxygens (including phenoxy) is 1. The third kappa shape index (κ3) is 6.80. The second-order valence-corrected chi connectivity index (χ2v) is 9.70. The van der Waals surface area contributed by atoms with E-state index in [1.54, 1.807) is 48.2 Å². The summed E-state index contributed by atoms with van der Waals surface area (Å²) in [6.45, 7) is 7.65. The predicted octanol–water partition coefficient (Wildman–Crippen LogP) is 6.17. The van der Waals surface area contributed by atoms with Crippen LogP contribution >= 0.6 is 11.6 Å². The van der Waals surface area contributed by atoms with Gasteiger partial charge in [0.15, 0.2) is 0 Å². The zero-order chi connectivity index (χ0) is 29.5. The number of hydrogen-bond acceptors (Lipinski definition) is 6. The summed E-state index contributed by atoms with van der Waals surface area (Å²) >= 11 is 5.96. The molecule has 5 rings (SSSR count). The Hall–Kier alpha value is -4.21. The number of esters is 1. The molecule has 1 amide bonds.